The third-order valence-electron chi connectivity index (χ3n) is 5.34. The van der Waals surface area contributed by atoms with Crippen LogP contribution in [0.15, 0.2) is 36.4 Å². The average Bonchev–Trinajstić information content (AvgIpc) is 2.99. The molecule has 7 heteroatoms. The molecular formula is C22H23Cl3N2O2. The van der Waals surface area contributed by atoms with Crippen molar-refractivity contribution in [1.82, 2.24) is 9.47 Å². The second-order valence-electron chi connectivity index (χ2n) is 7.22. The van der Waals surface area contributed by atoms with Crippen molar-refractivity contribution in [3.8, 4) is 11.6 Å². The minimum Gasteiger partial charge on any atom is -0.439 e. The largest absolute Gasteiger partial charge is 0.439 e. The highest BCUT2D eigenvalue weighted by atomic mass is 35.5. The monoisotopic (exact) mass is 452 g/mol. The summed E-state index contributed by atoms with van der Waals surface area (Å²) in [6.45, 7) is 4.67. The van der Waals surface area contributed by atoms with E-state index in [0.29, 0.717) is 20.8 Å². The summed E-state index contributed by atoms with van der Waals surface area (Å²) in [5, 5.41) is 2.46. The van der Waals surface area contributed by atoms with Crippen LogP contribution < -0.4 is 4.74 Å². The zero-order chi connectivity index (χ0) is 20.4. The van der Waals surface area contributed by atoms with Crippen molar-refractivity contribution >= 4 is 45.7 Å². The molecule has 2 aromatic carbocycles. The van der Waals surface area contributed by atoms with Gasteiger partial charge in [-0.3, -0.25) is 4.90 Å². The van der Waals surface area contributed by atoms with E-state index in [-0.39, 0.29) is 0 Å². The molecule has 4 rings (SSSR count). The van der Waals surface area contributed by atoms with Crippen molar-refractivity contribution in [1.29, 1.82) is 0 Å². The fourth-order valence-corrected chi connectivity index (χ4v) is 4.39. The van der Waals surface area contributed by atoms with Crippen LogP contribution in [-0.2, 0) is 18.2 Å². The number of fused-ring (bicyclic) bond motifs is 1. The van der Waals surface area contributed by atoms with E-state index in [1.54, 1.807) is 12.1 Å². The summed E-state index contributed by atoms with van der Waals surface area (Å²) in [4.78, 5) is 2.45. The fraction of sp³-hybridized carbons (Fsp3) is 0.364. The van der Waals surface area contributed by atoms with E-state index in [0.717, 1.165) is 57.1 Å². The summed E-state index contributed by atoms with van der Waals surface area (Å²) in [6.07, 6.45) is 1.95. The first-order valence-electron chi connectivity index (χ1n) is 9.73. The zero-order valence-electron chi connectivity index (χ0n) is 16.3. The van der Waals surface area contributed by atoms with Crippen LogP contribution in [0.2, 0.25) is 15.1 Å². The van der Waals surface area contributed by atoms with Crippen molar-refractivity contribution in [2.24, 2.45) is 7.05 Å². The van der Waals surface area contributed by atoms with E-state index in [1.165, 1.54) is 10.9 Å². The summed E-state index contributed by atoms with van der Waals surface area (Å²) in [5.41, 5.74) is 2.30. The molecule has 2 heterocycles. The molecule has 1 aliphatic heterocycles. The molecule has 0 radical (unpaired) electrons. The first-order chi connectivity index (χ1) is 14.0. The Balaban J connectivity index is 1.63. The Labute approximate surface area is 185 Å². The van der Waals surface area contributed by atoms with Crippen molar-refractivity contribution < 1.29 is 9.47 Å². The van der Waals surface area contributed by atoms with Gasteiger partial charge in [-0.25, -0.2) is 0 Å². The summed E-state index contributed by atoms with van der Waals surface area (Å²) in [6, 6.07) is 11.6. The fourth-order valence-electron chi connectivity index (χ4n) is 3.81. The van der Waals surface area contributed by atoms with E-state index < -0.39 is 0 Å². The van der Waals surface area contributed by atoms with Gasteiger partial charge >= 0.3 is 0 Å². The molecule has 0 bridgehead atoms. The molecule has 29 heavy (non-hydrogen) atoms. The van der Waals surface area contributed by atoms with Crippen LogP contribution in [0, 0.1) is 0 Å². The van der Waals surface area contributed by atoms with Crippen molar-refractivity contribution in [3.63, 3.8) is 0 Å². The number of halogens is 3. The van der Waals surface area contributed by atoms with Gasteiger partial charge in [-0.05, 0) is 31.5 Å². The molecule has 0 aliphatic carbocycles. The number of hydrogen-bond donors (Lipinski definition) is 0. The number of benzene rings is 2. The van der Waals surface area contributed by atoms with E-state index in [4.69, 9.17) is 44.3 Å². The molecular weight excluding hydrogens is 431 g/mol. The number of ether oxygens (including phenoxy) is 2. The Morgan fingerprint density at radius 2 is 1.72 bits per heavy atom. The van der Waals surface area contributed by atoms with Gasteiger partial charge in [0.05, 0.1) is 33.8 Å². The smallest absolute Gasteiger partial charge is 0.204 e. The van der Waals surface area contributed by atoms with E-state index in [1.807, 2.05) is 13.1 Å². The highest BCUT2D eigenvalue weighted by Gasteiger charge is 2.19. The predicted octanol–water partition coefficient (Wildman–Crippen LogP) is 6.20. The first kappa shape index (κ1) is 20.8. The number of hydrogen-bond acceptors (Lipinski definition) is 3. The van der Waals surface area contributed by atoms with Gasteiger partial charge in [-0.15, -0.1) is 0 Å². The van der Waals surface area contributed by atoms with Gasteiger partial charge in [0.25, 0.3) is 0 Å². The molecule has 0 atom stereocenters. The maximum Gasteiger partial charge on any atom is 0.204 e. The number of aryl methyl sites for hydroxylation is 2. The summed E-state index contributed by atoms with van der Waals surface area (Å²) in [5.74, 6) is 1.29. The molecule has 154 valence electrons. The molecule has 0 spiro atoms. The number of aromatic nitrogens is 1. The number of para-hydroxylation sites is 1. The van der Waals surface area contributed by atoms with E-state index in [9.17, 15) is 0 Å². The SMILES string of the molecule is Cn1c(Oc2cc(Cl)c(Cl)cc2Cl)c(CCCN2CCOCC2)c2ccccc21. The lowest BCUT2D eigenvalue weighted by atomic mass is 10.1. The molecule has 4 nitrogen and oxygen atoms in total. The summed E-state index contributed by atoms with van der Waals surface area (Å²) < 4.78 is 13.8. The van der Waals surface area contributed by atoms with Gasteiger partial charge in [0.1, 0.15) is 5.75 Å². The summed E-state index contributed by atoms with van der Waals surface area (Å²) in [7, 11) is 2.01. The van der Waals surface area contributed by atoms with Gasteiger partial charge in [-0.1, -0.05) is 53.0 Å². The Bertz CT molecular complexity index is 1010. The molecule has 1 saturated heterocycles. The second kappa shape index (κ2) is 9.15. The average molecular weight is 454 g/mol. The molecule has 1 aromatic heterocycles. The highest BCUT2D eigenvalue weighted by Crippen LogP contribution is 2.40. The molecule has 0 unspecified atom stereocenters. The first-order valence-corrected chi connectivity index (χ1v) is 10.9. The molecule has 3 aromatic rings. The lowest BCUT2D eigenvalue weighted by Gasteiger charge is -2.26. The maximum absolute atomic E-state index is 6.36. The van der Waals surface area contributed by atoms with Gasteiger partial charge < -0.3 is 14.0 Å². The minimum atomic E-state index is 0.409. The predicted molar refractivity (Wildman–Crippen MR) is 120 cm³/mol. The highest BCUT2D eigenvalue weighted by molar-refractivity contribution is 6.43. The van der Waals surface area contributed by atoms with E-state index in [2.05, 4.69) is 27.7 Å². The Morgan fingerprint density at radius 3 is 2.52 bits per heavy atom. The van der Waals surface area contributed by atoms with Gasteiger partial charge in [-0.2, -0.15) is 0 Å². The number of morpholine rings is 1. The van der Waals surface area contributed by atoms with Crippen LogP contribution in [0.5, 0.6) is 11.6 Å². The lowest BCUT2D eigenvalue weighted by Crippen LogP contribution is -2.36. The van der Waals surface area contributed by atoms with Crippen molar-refractivity contribution in [3.05, 3.63) is 57.0 Å². The third-order valence-corrected chi connectivity index (χ3v) is 6.36. The molecule has 0 N–H and O–H groups in total. The zero-order valence-corrected chi connectivity index (χ0v) is 18.5. The van der Waals surface area contributed by atoms with Gasteiger partial charge in [0, 0.05) is 37.2 Å². The van der Waals surface area contributed by atoms with Crippen molar-refractivity contribution in [2.45, 2.75) is 12.8 Å². The van der Waals surface area contributed by atoms with Gasteiger partial charge in [0.2, 0.25) is 5.88 Å². The van der Waals surface area contributed by atoms with Crippen LogP contribution in [-0.4, -0.2) is 42.3 Å². The van der Waals surface area contributed by atoms with Crippen LogP contribution in [0.3, 0.4) is 0 Å². The van der Waals surface area contributed by atoms with E-state index >= 15 is 0 Å². The Kier molecular flexibility index (Phi) is 6.57. The van der Waals surface area contributed by atoms with Crippen LogP contribution >= 0.6 is 34.8 Å². The standard InChI is InChI=1S/C22H23Cl3N2O2/c1-26-20-7-3-2-5-15(20)16(6-4-8-27-9-11-28-12-10-27)22(26)29-21-14-18(24)17(23)13-19(21)25/h2-3,5,7,13-14H,4,6,8-12H2,1H3. The number of rotatable bonds is 6. The Hall–Kier alpha value is -1.43. The summed E-state index contributed by atoms with van der Waals surface area (Å²) >= 11 is 18.6. The molecule has 1 aliphatic rings. The van der Waals surface area contributed by atoms with Crippen LogP contribution in [0.4, 0.5) is 0 Å². The number of nitrogens with zero attached hydrogens (tertiary/aromatic N) is 2. The molecule has 0 amide bonds. The maximum atomic E-state index is 6.36. The molecule has 0 saturated carbocycles. The second-order valence-corrected chi connectivity index (χ2v) is 8.44. The topological polar surface area (TPSA) is 26.6 Å². The van der Waals surface area contributed by atoms with Crippen molar-refractivity contribution in [2.75, 3.05) is 32.8 Å². The Morgan fingerprint density at radius 1 is 1.00 bits per heavy atom. The normalized spacial score (nSPS) is 15.2. The van der Waals surface area contributed by atoms with Crippen LogP contribution in [0.1, 0.15) is 12.0 Å². The minimum absolute atomic E-state index is 0.409. The van der Waals surface area contributed by atoms with Gasteiger partial charge in [0.15, 0.2) is 0 Å². The lowest BCUT2D eigenvalue weighted by molar-refractivity contribution is 0.0374. The molecule has 1 fully saturated rings. The third kappa shape index (κ3) is 4.52. The van der Waals surface area contributed by atoms with Crippen LogP contribution in [0.25, 0.3) is 10.9 Å². The quantitative estimate of drug-likeness (QED) is 0.416.